The molecule has 0 bridgehead atoms. The zero-order chi connectivity index (χ0) is 33.9. The van der Waals surface area contributed by atoms with Crippen LogP contribution >= 0.6 is 0 Å². The fourth-order valence-electron chi connectivity index (χ4n) is 5.85. The van der Waals surface area contributed by atoms with E-state index in [0.717, 1.165) is 12.1 Å². The summed E-state index contributed by atoms with van der Waals surface area (Å²) in [5.41, 5.74) is -3.89. The maximum atomic E-state index is 13.8. The lowest BCUT2D eigenvalue weighted by Crippen LogP contribution is -2.39. The van der Waals surface area contributed by atoms with Crippen molar-refractivity contribution in [3.63, 3.8) is 0 Å². The van der Waals surface area contributed by atoms with Crippen molar-refractivity contribution in [2.45, 2.75) is 83.3 Å². The van der Waals surface area contributed by atoms with Crippen molar-refractivity contribution in [1.82, 2.24) is 9.80 Å². The Labute approximate surface area is 255 Å². The van der Waals surface area contributed by atoms with Gasteiger partial charge in [-0.25, -0.2) is 0 Å². The SMILES string of the molecule is CCC(c1ccc(C(F)(F)F)cc1CN(C)C(C)C(OC=O)c1cc(C(F)(F)F)cc(C(F)(F)F)c1)N1CCC(C(C)=O)CC1. The Hall–Kier alpha value is -3.13. The van der Waals surface area contributed by atoms with Gasteiger partial charge < -0.3 is 4.74 Å². The van der Waals surface area contributed by atoms with Gasteiger partial charge in [0.25, 0.3) is 6.47 Å². The highest BCUT2D eigenvalue weighted by atomic mass is 19.4. The number of likely N-dealkylation sites (N-methyl/N-ethyl adjacent to an activating group) is 1. The molecule has 3 atom stereocenters. The summed E-state index contributed by atoms with van der Waals surface area (Å²) < 4.78 is 128. The number of ether oxygens (including phenoxy) is 1. The summed E-state index contributed by atoms with van der Waals surface area (Å²) >= 11 is 0. The molecule has 0 aromatic heterocycles. The van der Waals surface area contributed by atoms with E-state index < -0.39 is 52.9 Å². The number of benzene rings is 2. The van der Waals surface area contributed by atoms with Crippen LogP contribution in [0.1, 0.15) is 85.6 Å². The van der Waals surface area contributed by atoms with Crippen molar-refractivity contribution in [3.8, 4) is 0 Å². The van der Waals surface area contributed by atoms with Crippen LogP contribution in [0.5, 0.6) is 0 Å². The number of ketones is 1. The molecule has 1 aliphatic rings. The quantitative estimate of drug-likeness (QED) is 0.181. The van der Waals surface area contributed by atoms with Gasteiger partial charge in [0, 0.05) is 24.5 Å². The summed E-state index contributed by atoms with van der Waals surface area (Å²) in [6, 6.07) is 2.80. The summed E-state index contributed by atoms with van der Waals surface area (Å²) in [5.74, 6) is -0.0231. The van der Waals surface area contributed by atoms with Gasteiger partial charge in [0.1, 0.15) is 11.9 Å². The molecule has 0 saturated carbocycles. The van der Waals surface area contributed by atoms with Crippen LogP contribution in [-0.2, 0) is 39.4 Å². The van der Waals surface area contributed by atoms with Crippen LogP contribution in [0.2, 0.25) is 0 Å². The first kappa shape index (κ1) is 36.3. The Morgan fingerprint density at radius 3 is 1.91 bits per heavy atom. The van der Waals surface area contributed by atoms with Crippen LogP contribution in [0.3, 0.4) is 0 Å². The van der Waals surface area contributed by atoms with Crippen LogP contribution in [-0.4, -0.2) is 48.2 Å². The molecule has 45 heavy (non-hydrogen) atoms. The molecule has 3 rings (SSSR count). The third kappa shape index (κ3) is 8.99. The lowest BCUT2D eigenvalue weighted by atomic mass is 9.89. The summed E-state index contributed by atoms with van der Waals surface area (Å²) in [7, 11) is 1.42. The summed E-state index contributed by atoms with van der Waals surface area (Å²) in [6.45, 7) is 5.56. The number of alkyl halides is 9. The number of carbonyl (C=O) groups excluding carboxylic acids is 2. The third-order valence-corrected chi connectivity index (χ3v) is 8.46. The Morgan fingerprint density at radius 1 is 0.933 bits per heavy atom. The first-order chi connectivity index (χ1) is 20.8. The maximum absolute atomic E-state index is 13.8. The van der Waals surface area contributed by atoms with Gasteiger partial charge in [-0.15, -0.1) is 0 Å². The zero-order valence-electron chi connectivity index (χ0n) is 25.1. The number of hydrogen-bond donors (Lipinski definition) is 0. The molecule has 0 radical (unpaired) electrons. The fraction of sp³-hybridized carbons (Fsp3) is 0.548. The summed E-state index contributed by atoms with van der Waals surface area (Å²) in [4.78, 5) is 26.7. The van der Waals surface area contributed by atoms with Crippen molar-refractivity contribution >= 4 is 12.3 Å². The zero-order valence-corrected chi connectivity index (χ0v) is 25.1. The molecular weight excluding hydrogens is 619 g/mol. The largest absolute Gasteiger partial charge is 0.458 e. The van der Waals surface area contributed by atoms with E-state index in [-0.39, 0.29) is 42.4 Å². The van der Waals surface area contributed by atoms with Gasteiger partial charge in [-0.05, 0) is 100 Å². The lowest BCUT2D eigenvalue weighted by Gasteiger charge is -2.38. The molecule has 0 N–H and O–H groups in total. The number of nitrogens with zero attached hydrogens (tertiary/aromatic N) is 2. The van der Waals surface area contributed by atoms with E-state index in [9.17, 15) is 49.1 Å². The van der Waals surface area contributed by atoms with Crippen LogP contribution in [0.25, 0.3) is 0 Å². The maximum Gasteiger partial charge on any atom is 0.416 e. The first-order valence-corrected chi connectivity index (χ1v) is 14.3. The predicted molar refractivity (Wildman–Crippen MR) is 147 cm³/mol. The predicted octanol–water partition coefficient (Wildman–Crippen LogP) is 8.23. The molecule has 0 amide bonds. The molecule has 5 nitrogen and oxygen atoms in total. The summed E-state index contributed by atoms with van der Waals surface area (Å²) in [6.07, 6.45) is -14.9. The Balaban J connectivity index is 2.02. The van der Waals surface area contributed by atoms with Gasteiger partial charge in [0.05, 0.1) is 16.7 Å². The molecular formula is C31H35F9N2O3. The second-order valence-corrected chi connectivity index (χ2v) is 11.4. The molecule has 1 aliphatic heterocycles. The molecule has 3 unspecified atom stereocenters. The normalized spacial score (nSPS) is 17.6. The van der Waals surface area contributed by atoms with E-state index >= 15 is 0 Å². The molecule has 1 saturated heterocycles. The minimum Gasteiger partial charge on any atom is -0.458 e. The van der Waals surface area contributed by atoms with Gasteiger partial charge in [0.2, 0.25) is 0 Å². The minimum atomic E-state index is -5.14. The number of hydrogen-bond acceptors (Lipinski definition) is 5. The molecule has 1 fully saturated rings. The molecule has 14 heteroatoms. The Bertz CT molecular complexity index is 1300. The number of Topliss-reactive ketones (excluding diaryl/α,β-unsaturated/α-hetero) is 1. The minimum absolute atomic E-state index is 0.0468. The fourth-order valence-corrected chi connectivity index (χ4v) is 5.85. The number of halogens is 9. The number of piperidine rings is 1. The molecule has 0 spiro atoms. The monoisotopic (exact) mass is 654 g/mol. The van der Waals surface area contributed by atoms with Gasteiger partial charge in [0.15, 0.2) is 0 Å². The van der Waals surface area contributed by atoms with E-state index in [1.807, 2.05) is 6.92 Å². The molecule has 1 heterocycles. The Morgan fingerprint density at radius 2 is 1.47 bits per heavy atom. The van der Waals surface area contributed by atoms with Crippen molar-refractivity contribution in [2.24, 2.45) is 5.92 Å². The second kappa shape index (κ2) is 14.1. The average Bonchev–Trinajstić information content (AvgIpc) is 2.95. The Kier molecular flexibility index (Phi) is 11.4. The van der Waals surface area contributed by atoms with Gasteiger partial charge >= 0.3 is 18.5 Å². The van der Waals surface area contributed by atoms with Crippen molar-refractivity contribution < 1.29 is 53.8 Å². The number of rotatable bonds is 11. The van der Waals surface area contributed by atoms with Gasteiger partial charge in [-0.2, -0.15) is 39.5 Å². The van der Waals surface area contributed by atoms with E-state index in [0.29, 0.717) is 50.0 Å². The molecule has 0 aliphatic carbocycles. The van der Waals surface area contributed by atoms with E-state index in [4.69, 9.17) is 4.74 Å². The lowest BCUT2D eigenvalue weighted by molar-refractivity contribution is -0.143. The molecule has 2 aromatic carbocycles. The smallest absolute Gasteiger partial charge is 0.416 e. The standard InChI is InChI=1S/C31H35F9N2O3/c1-5-27(42-10-8-20(9-11-42)19(3)44)26-7-6-23(29(32,33)34)14-22(26)16-41(4)18(2)28(45-17-43)21-12-24(30(35,36)37)15-25(13-21)31(38,39)40/h6-7,12-15,17-18,20,27-28H,5,8-11,16H2,1-4H3. The van der Waals surface area contributed by atoms with E-state index in [1.54, 1.807) is 0 Å². The van der Waals surface area contributed by atoms with Crippen molar-refractivity contribution in [3.05, 3.63) is 69.8 Å². The molecule has 250 valence electrons. The van der Waals surface area contributed by atoms with Gasteiger partial charge in [-0.1, -0.05) is 13.0 Å². The highest BCUT2D eigenvalue weighted by Gasteiger charge is 2.39. The van der Waals surface area contributed by atoms with E-state index in [1.165, 1.54) is 31.9 Å². The first-order valence-electron chi connectivity index (χ1n) is 14.3. The van der Waals surface area contributed by atoms with Gasteiger partial charge in [-0.3, -0.25) is 19.4 Å². The highest BCUT2D eigenvalue weighted by Crippen LogP contribution is 2.40. The van der Waals surface area contributed by atoms with Crippen molar-refractivity contribution in [1.29, 1.82) is 0 Å². The summed E-state index contributed by atoms with van der Waals surface area (Å²) in [5, 5.41) is 0. The number of carbonyl (C=O) groups is 2. The van der Waals surface area contributed by atoms with Crippen LogP contribution in [0, 0.1) is 5.92 Å². The molecule has 2 aromatic rings. The van der Waals surface area contributed by atoms with Crippen LogP contribution < -0.4 is 0 Å². The van der Waals surface area contributed by atoms with Crippen LogP contribution in [0.15, 0.2) is 36.4 Å². The average molecular weight is 655 g/mol. The highest BCUT2D eigenvalue weighted by molar-refractivity contribution is 5.78. The van der Waals surface area contributed by atoms with Crippen molar-refractivity contribution in [2.75, 3.05) is 20.1 Å². The number of likely N-dealkylation sites (tertiary alicyclic amines) is 1. The topological polar surface area (TPSA) is 49.9 Å². The van der Waals surface area contributed by atoms with Crippen LogP contribution in [0.4, 0.5) is 39.5 Å². The third-order valence-electron chi connectivity index (χ3n) is 8.46. The second-order valence-electron chi connectivity index (χ2n) is 11.4. The van der Waals surface area contributed by atoms with E-state index in [2.05, 4.69) is 4.90 Å².